The molecule has 2 aromatic carbocycles. The molecule has 10 nitrogen and oxygen atoms in total. The number of para-hydroxylation sites is 1. The monoisotopic (exact) mass is 421 g/mol. The zero-order valence-corrected chi connectivity index (χ0v) is 16.8. The van der Waals surface area contributed by atoms with Gasteiger partial charge in [-0.2, -0.15) is 20.3 Å². The van der Waals surface area contributed by atoms with E-state index in [0.717, 1.165) is 5.56 Å². The van der Waals surface area contributed by atoms with Crippen molar-refractivity contribution < 1.29 is 24.3 Å². The molecular weight excluding hydrogens is 402 g/mol. The van der Waals surface area contributed by atoms with Gasteiger partial charge in [-0.25, -0.2) is 4.79 Å². The number of hydrazone groups is 1. The van der Waals surface area contributed by atoms with Crippen LogP contribution in [0, 0.1) is 6.92 Å². The second-order valence-electron chi connectivity index (χ2n) is 6.80. The van der Waals surface area contributed by atoms with E-state index in [4.69, 9.17) is 5.11 Å². The molecule has 0 aliphatic carbocycles. The lowest BCUT2D eigenvalue weighted by Crippen LogP contribution is -2.36. The van der Waals surface area contributed by atoms with E-state index < -0.39 is 36.2 Å². The van der Waals surface area contributed by atoms with Gasteiger partial charge in [0.05, 0.1) is 17.0 Å². The fourth-order valence-corrected chi connectivity index (χ4v) is 2.78. The highest BCUT2D eigenvalue weighted by Crippen LogP contribution is 2.19. The average molecular weight is 421 g/mol. The third-order valence-electron chi connectivity index (χ3n) is 4.47. The van der Waals surface area contributed by atoms with Crippen molar-refractivity contribution in [2.45, 2.75) is 26.3 Å². The Balaban J connectivity index is 1.63. The molecule has 0 saturated heterocycles. The number of aromatic carboxylic acids is 1. The van der Waals surface area contributed by atoms with Crippen LogP contribution in [0.3, 0.4) is 0 Å². The van der Waals surface area contributed by atoms with Gasteiger partial charge in [-0.05, 0) is 49.7 Å². The second kappa shape index (κ2) is 9.08. The van der Waals surface area contributed by atoms with Crippen LogP contribution in [0.25, 0.3) is 0 Å². The van der Waals surface area contributed by atoms with Gasteiger partial charge in [-0.1, -0.05) is 18.2 Å². The van der Waals surface area contributed by atoms with Gasteiger partial charge >= 0.3 is 5.97 Å². The van der Waals surface area contributed by atoms with Crippen molar-refractivity contribution in [2.24, 2.45) is 15.3 Å². The number of anilines is 1. The zero-order valence-electron chi connectivity index (χ0n) is 16.8. The van der Waals surface area contributed by atoms with Crippen molar-refractivity contribution in [1.82, 2.24) is 5.01 Å². The molecule has 1 aliphatic rings. The number of hydrogen-bond donors (Lipinski definition) is 2. The van der Waals surface area contributed by atoms with E-state index in [2.05, 4.69) is 20.6 Å². The van der Waals surface area contributed by atoms with Gasteiger partial charge in [0.1, 0.15) is 6.42 Å². The summed E-state index contributed by atoms with van der Waals surface area (Å²) < 4.78 is 0. The van der Waals surface area contributed by atoms with E-state index >= 15 is 0 Å². The molecule has 1 atom stereocenters. The summed E-state index contributed by atoms with van der Waals surface area (Å²) >= 11 is 0. The Kier molecular flexibility index (Phi) is 6.29. The fourth-order valence-electron chi connectivity index (χ4n) is 2.78. The first-order valence-corrected chi connectivity index (χ1v) is 9.28. The third kappa shape index (κ3) is 5.04. The normalized spacial score (nSPS) is 15.8. The maximum Gasteiger partial charge on any atom is 0.335 e. The molecule has 2 aromatic rings. The number of carboxylic acid groups (broad SMARTS) is 1. The molecule has 0 spiro atoms. The number of azo groups is 1. The minimum absolute atomic E-state index is 0.0920. The number of nitrogens with zero attached hydrogens (tertiary/aromatic N) is 4. The Labute approximate surface area is 177 Å². The maximum absolute atomic E-state index is 12.5. The third-order valence-corrected chi connectivity index (χ3v) is 4.47. The molecule has 31 heavy (non-hydrogen) atoms. The minimum atomic E-state index is -1.09. The predicted octanol–water partition coefficient (Wildman–Crippen LogP) is 2.92. The van der Waals surface area contributed by atoms with Crippen LogP contribution in [0.1, 0.15) is 29.3 Å². The smallest absolute Gasteiger partial charge is 0.335 e. The molecule has 2 N–H and O–H groups in total. The second-order valence-corrected chi connectivity index (χ2v) is 6.80. The molecule has 10 heteroatoms. The largest absolute Gasteiger partial charge is 0.478 e. The van der Waals surface area contributed by atoms with Gasteiger partial charge in [0.2, 0.25) is 5.91 Å². The van der Waals surface area contributed by atoms with E-state index in [1.54, 1.807) is 12.1 Å². The summed E-state index contributed by atoms with van der Waals surface area (Å²) in [5.41, 5.74) is 2.10. The number of carboxylic acids is 1. The quantitative estimate of drug-likeness (QED) is 0.545. The van der Waals surface area contributed by atoms with Crippen LogP contribution in [0.15, 0.2) is 63.9 Å². The fraction of sp³-hybridized carbons (Fsp3) is 0.190. The highest BCUT2D eigenvalue weighted by atomic mass is 16.4. The number of nitrogens with one attached hydrogen (secondary N) is 1. The van der Waals surface area contributed by atoms with Gasteiger partial charge in [0.15, 0.2) is 6.04 Å². The van der Waals surface area contributed by atoms with E-state index in [9.17, 15) is 19.2 Å². The van der Waals surface area contributed by atoms with Gasteiger partial charge < -0.3 is 10.4 Å². The van der Waals surface area contributed by atoms with Crippen LogP contribution in [-0.4, -0.2) is 45.6 Å². The number of imide groups is 1. The van der Waals surface area contributed by atoms with Crippen molar-refractivity contribution in [2.75, 3.05) is 5.32 Å². The Morgan fingerprint density at radius 3 is 2.42 bits per heavy atom. The summed E-state index contributed by atoms with van der Waals surface area (Å²) in [6.07, 6.45) is -0.558. The van der Waals surface area contributed by atoms with Gasteiger partial charge in [0, 0.05) is 5.69 Å². The Morgan fingerprint density at radius 2 is 1.77 bits per heavy atom. The number of amides is 3. The molecule has 1 aliphatic heterocycles. The number of rotatable bonds is 6. The number of aryl methyl sites for hydroxylation is 1. The van der Waals surface area contributed by atoms with Crippen molar-refractivity contribution >= 4 is 40.8 Å². The number of benzene rings is 2. The highest BCUT2D eigenvalue weighted by Gasteiger charge is 2.38. The van der Waals surface area contributed by atoms with Gasteiger partial charge in [0.25, 0.3) is 11.8 Å². The van der Waals surface area contributed by atoms with Gasteiger partial charge in [-0.3, -0.25) is 14.4 Å². The Morgan fingerprint density at radius 1 is 1.10 bits per heavy atom. The van der Waals surface area contributed by atoms with Crippen molar-refractivity contribution in [1.29, 1.82) is 0 Å². The van der Waals surface area contributed by atoms with E-state index in [1.165, 1.54) is 31.2 Å². The predicted molar refractivity (Wildman–Crippen MR) is 111 cm³/mol. The lowest BCUT2D eigenvalue weighted by atomic mass is 10.2. The number of carbonyl (C=O) groups excluding carboxylic acids is 3. The molecule has 3 amide bonds. The molecule has 0 aromatic heterocycles. The van der Waals surface area contributed by atoms with E-state index in [-0.39, 0.29) is 11.3 Å². The number of carbonyl (C=O) groups is 4. The maximum atomic E-state index is 12.5. The standard InChI is InChI=1S/C21H19N5O5/c1-12-5-3-4-6-16(12)22-17(27)11-18(28)26-20(29)19(13(2)25-26)24-23-15-9-7-14(8-10-15)21(30)31/h3-10,19H,11H2,1-2H3,(H,22,27)(H,30,31). The molecule has 0 radical (unpaired) electrons. The molecular formula is C21H19N5O5. The molecule has 3 rings (SSSR count). The van der Waals surface area contributed by atoms with Crippen molar-refractivity contribution in [3.63, 3.8) is 0 Å². The summed E-state index contributed by atoms with van der Waals surface area (Å²) in [5, 5.41) is 23.9. The van der Waals surface area contributed by atoms with Crippen LogP contribution in [0.5, 0.6) is 0 Å². The Bertz CT molecular complexity index is 1110. The topological polar surface area (TPSA) is 141 Å². The minimum Gasteiger partial charge on any atom is -0.478 e. The Hall–Kier alpha value is -4.21. The average Bonchev–Trinajstić information content (AvgIpc) is 3.02. The first-order valence-electron chi connectivity index (χ1n) is 9.28. The molecule has 158 valence electrons. The molecule has 0 saturated carbocycles. The van der Waals surface area contributed by atoms with Crippen LogP contribution < -0.4 is 5.32 Å². The molecule has 0 fully saturated rings. The van der Waals surface area contributed by atoms with Crippen molar-refractivity contribution in [3.8, 4) is 0 Å². The van der Waals surface area contributed by atoms with Crippen LogP contribution in [0.2, 0.25) is 0 Å². The lowest BCUT2D eigenvalue weighted by molar-refractivity contribution is -0.144. The van der Waals surface area contributed by atoms with E-state index in [0.29, 0.717) is 16.4 Å². The molecule has 0 bridgehead atoms. The summed E-state index contributed by atoms with van der Waals surface area (Å²) in [4.78, 5) is 48.0. The summed E-state index contributed by atoms with van der Waals surface area (Å²) in [5.74, 6) is -3.13. The molecule has 1 heterocycles. The first-order chi connectivity index (χ1) is 14.8. The van der Waals surface area contributed by atoms with Crippen LogP contribution in [-0.2, 0) is 14.4 Å². The summed E-state index contributed by atoms with van der Waals surface area (Å²) in [6, 6.07) is 11.6. The van der Waals surface area contributed by atoms with Crippen LogP contribution >= 0.6 is 0 Å². The van der Waals surface area contributed by atoms with Crippen LogP contribution in [0.4, 0.5) is 11.4 Å². The molecule has 1 unspecified atom stereocenters. The lowest BCUT2D eigenvalue weighted by Gasteiger charge is -2.11. The first kappa shape index (κ1) is 21.5. The zero-order chi connectivity index (χ0) is 22.5. The van der Waals surface area contributed by atoms with Gasteiger partial charge in [-0.15, -0.1) is 0 Å². The summed E-state index contributed by atoms with van der Waals surface area (Å²) in [7, 11) is 0. The van der Waals surface area contributed by atoms with E-state index in [1.807, 2.05) is 19.1 Å². The highest BCUT2D eigenvalue weighted by molar-refractivity contribution is 6.18. The SMILES string of the molecule is CC1=NN(C(=O)CC(=O)Nc2ccccc2C)C(=O)C1N=Nc1ccc(C(=O)O)cc1. The summed E-state index contributed by atoms with van der Waals surface area (Å²) in [6.45, 7) is 3.34. The van der Waals surface area contributed by atoms with Crippen molar-refractivity contribution in [3.05, 3.63) is 59.7 Å². The number of hydrogen-bond acceptors (Lipinski definition) is 7.